The van der Waals surface area contributed by atoms with E-state index >= 15 is 0 Å². The quantitative estimate of drug-likeness (QED) is 0.883. The second-order valence-corrected chi connectivity index (χ2v) is 7.82. The van der Waals surface area contributed by atoms with E-state index in [0.717, 1.165) is 17.1 Å². The van der Waals surface area contributed by atoms with E-state index in [9.17, 15) is 23.1 Å². The summed E-state index contributed by atoms with van der Waals surface area (Å²) in [4.78, 5) is 25.3. The van der Waals surface area contributed by atoms with Crippen LogP contribution in [0.2, 0.25) is 0 Å². The molecular weight excluding hydrogens is 320 g/mol. The molecule has 23 heavy (non-hydrogen) atoms. The van der Waals surface area contributed by atoms with E-state index in [1.165, 1.54) is 43.3 Å². The lowest BCUT2D eigenvalue weighted by atomic mass is 10.0. The summed E-state index contributed by atoms with van der Waals surface area (Å²) in [5.41, 5.74) is 0.182. The Labute approximate surface area is 135 Å². The monoisotopic (exact) mass is 340 g/mol. The van der Waals surface area contributed by atoms with Gasteiger partial charge in [-0.05, 0) is 37.5 Å². The molecule has 1 saturated heterocycles. The van der Waals surface area contributed by atoms with Gasteiger partial charge in [-0.1, -0.05) is 6.07 Å². The van der Waals surface area contributed by atoms with Crippen molar-refractivity contribution in [2.75, 3.05) is 20.6 Å². The van der Waals surface area contributed by atoms with Crippen molar-refractivity contribution in [3.63, 3.8) is 0 Å². The van der Waals surface area contributed by atoms with Crippen LogP contribution in [-0.2, 0) is 14.8 Å². The lowest BCUT2D eigenvalue weighted by molar-refractivity contribution is -0.143. The van der Waals surface area contributed by atoms with E-state index in [4.69, 9.17) is 0 Å². The first kappa shape index (κ1) is 17.4. The number of hydrogen-bond acceptors (Lipinski definition) is 4. The fraction of sp³-hybridized carbons (Fsp3) is 0.467. The Morgan fingerprint density at radius 1 is 1.26 bits per heavy atom. The molecule has 0 radical (unpaired) electrons. The van der Waals surface area contributed by atoms with Crippen LogP contribution >= 0.6 is 0 Å². The zero-order valence-electron chi connectivity index (χ0n) is 13.1. The summed E-state index contributed by atoms with van der Waals surface area (Å²) in [5.74, 6) is -1.48. The van der Waals surface area contributed by atoms with Crippen molar-refractivity contribution in [2.24, 2.45) is 0 Å². The molecule has 1 aliphatic heterocycles. The van der Waals surface area contributed by atoms with Gasteiger partial charge in [0, 0.05) is 26.2 Å². The highest BCUT2D eigenvalue weighted by atomic mass is 32.2. The first-order valence-electron chi connectivity index (χ1n) is 7.31. The molecule has 1 atom stereocenters. The Kier molecular flexibility index (Phi) is 5.06. The number of carbonyl (C=O) groups is 2. The molecule has 1 aromatic rings. The van der Waals surface area contributed by atoms with Crippen molar-refractivity contribution in [1.29, 1.82) is 0 Å². The van der Waals surface area contributed by atoms with E-state index in [1.54, 1.807) is 0 Å². The standard InChI is InChI=1S/C15H20N2O5S/c1-16(2)23(21,22)12-7-5-6-11(10-12)14(18)17-9-4-3-8-13(17)15(19)20/h5-7,10,13H,3-4,8-9H2,1-2H3,(H,19,20)/t13-/m0/s1. The Balaban J connectivity index is 2.35. The third-order valence-electron chi connectivity index (χ3n) is 3.91. The SMILES string of the molecule is CN(C)S(=O)(=O)c1cccc(C(=O)N2CCCC[C@H]2C(=O)O)c1. The van der Waals surface area contributed by atoms with Gasteiger partial charge < -0.3 is 10.0 Å². The number of amides is 1. The van der Waals surface area contributed by atoms with Gasteiger partial charge in [0.2, 0.25) is 10.0 Å². The van der Waals surface area contributed by atoms with Crippen LogP contribution in [0, 0.1) is 0 Å². The number of benzene rings is 1. The van der Waals surface area contributed by atoms with Gasteiger partial charge in [-0.15, -0.1) is 0 Å². The number of piperidine rings is 1. The minimum Gasteiger partial charge on any atom is -0.480 e. The molecule has 1 fully saturated rings. The third-order valence-corrected chi connectivity index (χ3v) is 5.72. The maximum atomic E-state index is 12.6. The summed E-state index contributed by atoms with van der Waals surface area (Å²) < 4.78 is 25.4. The Morgan fingerprint density at radius 3 is 2.57 bits per heavy atom. The zero-order valence-corrected chi connectivity index (χ0v) is 13.9. The average molecular weight is 340 g/mol. The van der Waals surface area contributed by atoms with Gasteiger partial charge in [-0.25, -0.2) is 17.5 Å². The summed E-state index contributed by atoms with van der Waals surface area (Å²) in [5, 5.41) is 9.26. The molecule has 0 bridgehead atoms. The zero-order chi connectivity index (χ0) is 17.2. The van der Waals surface area contributed by atoms with Crippen molar-refractivity contribution >= 4 is 21.9 Å². The average Bonchev–Trinajstić information content (AvgIpc) is 2.54. The molecular formula is C15H20N2O5S. The second kappa shape index (κ2) is 6.67. The Morgan fingerprint density at radius 2 is 1.96 bits per heavy atom. The maximum Gasteiger partial charge on any atom is 0.326 e. The molecule has 0 aliphatic carbocycles. The number of carbonyl (C=O) groups excluding carboxylic acids is 1. The van der Waals surface area contributed by atoms with Crippen LogP contribution in [0.5, 0.6) is 0 Å². The third kappa shape index (κ3) is 3.53. The van der Waals surface area contributed by atoms with Crippen LogP contribution in [-0.4, -0.2) is 61.3 Å². The van der Waals surface area contributed by atoms with Crippen LogP contribution in [0.4, 0.5) is 0 Å². The van der Waals surface area contributed by atoms with Gasteiger partial charge in [0.25, 0.3) is 5.91 Å². The van der Waals surface area contributed by atoms with Crippen molar-refractivity contribution in [3.05, 3.63) is 29.8 Å². The van der Waals surface area contributed by atoms with E-state index in [1.807, 2.05) is 0 Å². The molecule has 0 spiro atoms. The molecule has 0 aromatic heterocycles. The van der Waals surface area contributed by atoms with Gasteiger partial charge >= 0.3 is 5.97 Å². The lowest BCUT2D eigenvalue weighted by Crippen LogP contribution is -2.48. The summed E-state index contributed by atoms with van der Waals surface area (Å²) in [6.07, 6.45) is 1.91. The van der Waals surface area contributed by atoms with Crippen LogP contribution in [0.1, 0.15) is 29.6 Å². The molecule has 7 nitrogen and oxygen atoms in total. The van der Waals surface area contributed by atoms with Gasteiger partial charge in [0.1, 0.15) is 6.04 Å². The number of carboxylic acid groups (broad SMARTS) is 1. The first-order chi connectivity index (χ1) is 10.7. The highest BCUT2D eigenvalue weighted by Crippen LogP contribution is 2.22. The molecule has 1 aromatic carbocycles. The highest BCUT2D eigenvalue weighted by Gasteiger charge is 2.32. The van der Waals surface area contributed by atoms with Gasteiger partial charge in [-0.3, -0.25) is 4.79 Å². The smallest absolute Gasteiger partial charge is 0.326 e. The van der Waals surface area contributed by atoms with Crippen LogP contribution < -0.4 is 0 Å². The summed E-state index contributed by atoms with van der Waals surface area (Å²) in [6.45, 7) is 0.362. The van der Waals surface area contributed by atoms with Gasteiger partial charge in [0.15, 0.2) is 0 Å². The van der Waals surface area contributed by atoms with Crippen LogP contribution in [0.25, 0.3) is 0 Å². The van der Waals surface area contributed by atoms with Crippen LogP contribution in [0.15, 0.2) is 29.2 Å². The number of likely N-dealkylation sites (tertiary alicyclic amines) is 1. The molecule has 8 heteroatoms. The number of hydrogen-bond donors (Lipinski definition) is 1. The van der Waals surface area contributed by atoms with E-state index in [-0.39, 0.29) is 10.5 Å². The minimum atomic E-state index is -3.65. The summed E-state index contributed by atoms with van der Waals surface area (Å²) in [7, 11) is -0.824. The highest BCUT2D eigenvalue weighted by molar-refractivity contribution is 7.89. The molecule has 0 saturated carbocycles. The molecule has 1 N–H and O–H groups in total. The molecule has 2 rings (SSSR count). The topological polar surface area (TPSA) is 95.0 Å². The van der Waals surface area contributed by atoms with Crippen molar-refractivity contribution in [3.8, 4) is 0 Å². The van der Waals surface area contributed by atoms with E-state index in [0.29, 0.717) is 13.0 Å². The summed E-state index contributed by atoms with van der Waals surface area (Å²) >= 11 is 0. The molecule has 1 amide bonds. The Hall–Kier alpha value is -1.93. The van der Waals surface area contributed by atoms with Gasteiger partial charge in [-0.2, -0.15) is 0 Å². The van der Waals surface area contributed by atoms with Crippen LogP contribution in [0.3, 0.4) is 0 Å². The number of sulfonamides is 1. The fourth-order valence-corrected chi connectivity index (χ4v) is 3.55. The largest absolute Gasteiger partial charge is 0.480 e. The summed E-state index contributed by atoms with van der Waals surface area (Å²) in [6, 6.07) is 4.85. The number of aliphatic carboxylic acids is 1. The fourth-order valence-electron chi connectivity index (χ4n) is 2.60. The number of carboxylic acids is 1. The Bertz CT molecular complexity index is 714. The number of nitrogens with zero attached hydrogens (tertiary/aromatic N) is 2. The normalized spacial score (nSPS) is 18.9. The molecule has 1 aliphatic rings. The molecule has 126 valence electrons. The lowest BCUT2D eigenvalue weighted by Gasteiger charge is -2.33. The molecule has 1 heterocycles. The van der Waals surface area contributed by atoms with Crippen molar-refractivity contribution in [2.45, 2.75) is 30.2 Å². The minimum absolute atomic E-state index is 0.0113. The maximum absolute atomic E-state index is 12.6. The van der Waals surface area contributed by atoms with E-state index < -0.39 is 27.9 Å². The number of rotatable bonds is 4. The predicted octanol–water partition coefficient (Wildman–Crippen LogP) is 1.02. The second-order valence-electron chi connectivity index (χ2n) is 5.66. The van der Waals surface area contributed by atoms with Crippen molar-refractivity contribution in [1.82, 2.24) is 9.21 Å². The van der Waals surface area contributed by atoms with Crippen molar-refractivity contribution < 1.29 is 23.1 Å². The first-order valence-corrected chi connectivity index (χ1v) is 8.75. The van der Waals surface area contributed by atoms with Gasteiger partial charge in [0.05, 0.1) is 4.90 Å². The molecule has 0 unspecified atom stereocenters. The predicted molar refractivity (Wildman–Crippen MR) is 83.6 cm³/mol. The van der Waals surface area contributed by atoms with E-state index in [2.05, 4.69) is 0 Å².